The Morgan fingerprint density at radius 2 is 1.97 bits per heavy atom. The lowest BCUT2D eigenvalue weighted by Crippen LogP contribution is -2.36. The van der Waals surface area contributed by atoms with Crippen molar-refractivity contribution in [2.24, 2.45) is 0 Å². The lowest BCUT2D eigenvalue weighted by atomic mass is 9.98. The van der Waals surface area contributed by atoms with Gasteiger partial charge in [-0.25, -0.2) is 0 Å². The van der Waals surface area contributed by atoms with Crippen LogP contribution in [-0.2, 0) is 4.74 Å². The van der Waals surface area contributed by atoms with Crippen LogP contribution < -0.4 is 10.2 Å². The highest BCUT2D eigenvalue weighted by molar-refractivity contribution is 5.95. The van der Waals surface area contributed by atoms with Crippen LogP contribution in [0.3, 0.4) is 0 Å². The van der Waals surface area contributed by atoms with Crippen molar-refractivity contribution in [3.8, 4) is 0 Å². The molecule has 0 aliphatic carbocycles. The molecular formula is C24H28N4O. The summed E-state index contributed by atoms with van der Waals surface area (Å²) >= 11 is 0. The topological polar surface area (TPSA) is 50.3 Å². The molecule has 2 aliphatic rings. The average molecular weight is 389 g/mol. The molecule has 2 fully saturated rings. The van der Waals surface area contributed by atoms with Gasteiger partial charge in [-0.15, -0.1) is 5.10 Å². The highest BCUT2D eigenvalue weighted by Crippen LogP contribution is 2.36. The lowest BCUT2D eigenvalue weighted by Gasteiger charge is -2.29. The Morgan fingerprint density at radius 1 is 1.10 bits per heavy atom. The second-order valence-corrected chi connectivity index (χ2v) is 8.52. The van der Waals surface area contributed by atoms with E-state index in [-0.39, 0.29) is 6.04 Å². The van der Waals surface area contributed by atoms with Gasteiger partial charge in [0.05, 0.1) is 30.5 Å². The minimum atomic E-state index is 0.148. The molecule has 3 heterocycles. The van der Waals surface area contributed by atoms with Gasteiger partial charge in [-0.3, -0.25) is 0 Å². The molecule has 3 aromatic rings. The first kappa shape index (κ1) is 18.4. The van der Waals surface area contributed by atoms with E-state index in [4.69, 9.17) is 4.74 Å². The van der Waals surface area contributed by atoms with Crippen molar-refractivity contribution < 1.29 is 4.74 Å². The zero-order chi connectivity index (χ0) is 20.1. The van der Waals surface area contributed by atoms with Gasteiger partial charge in [-0.2, -0.15) is 5.10 Å². The normalized spacial score (nSPS) is 21.7. The zero-order valence-electron chi connectivity index (χ0n) is 17.6. The van der Waals surface area contributed by atoms with Crippen molar-refractivity contribution in [3.05, 3.63) is 58.8 Å². The van der Waals surface area contributed by atoms with Crippen LogP contribution in [-0.4, -0.2) is 35.5 Å². The van der Waals surface area contributed by atoms with Crippen molar-refractivity contribution in [1.29, 1.82) is 0 Å². The minimum Gasteiger partial charge on any atom is -0.374 e. The Bertz CT molecular complexity index is 1080. The molecule has 5 nitrogen and oxygen atoms in total. The van der Waals surface area contributed by atoms with Gasteiger partial charge in [-0.05, 0) is 62.9 Å². The van der Waals surface area contributed by atoms with E-state index in [1.54, 1.807) is 0 Å². The van der Waals surface area contributed by atoms with Gasteiger partial charge in [0.25, 0.3) is 0 Å². The SMILES string of the molecule is Cc1cccc([C@@H](C)Nc2nnc(C)c3ccc(N4C[C@H]5C[C@@H]4CO5)cc23)c1C. The van der Waals surface area contributed by atoms with E-state index in [1.807, 2.05) is 6.92 Å². The summed E-state index contributed by atoms with van der Waals surface area (Å²) in [7, 11) is 0. The quantitative estimate of drug-likeness (QED) is 0.702. The summed E-state index contributed by atoms with van der Waals surface area (Å²) in [5.74, 6) is 0.849. The van der Waals surface area contributed by atoms with Crippen molar-refractivity contribution in [3.63, 3.8) is 0 Å². The van der Waals surface area contributed by atoms with Crippen LogP contribution in [0.2, 0.25) is 0 Å². The number of ether oxygens (including phenoxy) is 1. The molecule has 2 aromatic carbocycles. The number of aryl methyl sites for hydroxylation is 2. The molecule has 0 spiro atoms. The summed E-state index contributed by atoms with van der Waals surface area (Å²) in [6, 6.07) is 13.8. The second-order valence-electron chi connectivity index (χ2n) is 8.52. The Labute approximate surface area is 172 Å². The highest BCUT2D eigenvalue weighted by atomic mass is 16.5. The Balaban J connectivity index is 1.52. The maximum Gasteiger partial charge on any atom is 0.157 e. The van der Waals surface area contributed by atoms with Crippen molar-refractivity contribution in [2.45, 2.75) is 52.3 Å². The van der Waals surface area contributed by atoms with Gasteiger partial charge in [0.15, 0.2) is 5.82 Å². The first-order valence-electron chi connectivity index (χ1n) is 10.5. The number of anilines is 2. The van der Waals surface area contributed by atoms with Gasteiger partial charge < -0.3 is 15.0 Å². The third-order valence-corrected chi connectivity index (χ3v) is 6.65. The van der Waals surface area contributed by atoms with Crippen LogP contribution in [0.15, 0.2) is 36.4 Å². The molecule has 0 unspecified atom stereocenters. The van der Waals surface area contributed by atoms with Gasteiger partial charge in [0, 0.05) is 23.0 Å². The summed E-state index contributed by atoms with van der Waals surface area (Å²) in [5, 5.41) is 14.9. The van der Waals surface area contributed by atoms with Gasteiger partial charge >= 0.3 is 0 Å². The van der Waals surface area contributed by atoms with Gasteiger partial charge in [0.2, 0.25) is 0 Å². The molecule has 2 aliphatic heterocycles. The highest BCUT2D eigenvalue weighted by Gasteiger charge is 2.39. The fourth-order valence-corrected chi connectivity index (χ4v) is 4.80. The number of rotatable bonds is 4. The number of fused-ring (bicyclic) bond motifs is 3. The van der Waals surface area contributed by atoms with E-state index in [9.17, 15) is 0 Å². The zero-order valence-corrected chi connectivity index (χ0v) is 17.6. The Hall–Kier alpha value is -2.66. The molecule has 29 heavy (non-hydrogen) atoms. The largest absolute Gasteiger partial charge is 0.374 e. The van der Waals surface area contributed by atoms with Crippen LogP contribution in [0.4, 0.5) is 11.5 Å². The van der Waals surface area contributed by atoms with E-state index < -0.39 is 0 Å². The van der Waals surface area contributed by atoms with Crippen LogP contribution >= 0.6 is 0 Å². The van der Waals surface area contributed by atoms with E-state index in [0.717, 1.165) is 41.9 Å². The van der Waals surface area contributed by atoms with Crippen molar-refractivity contribution >= 4 is 22.3 Å². The maximum atomic E-state index is 5.78. The summed E-state index contributed by atoms with van der Waals surface area (Å²) < 4.78 is 5.78. The summed E-state index contributed by atoms with van der Waals surface area (Å²) in [6.07, 6.45) is 1.52. The fourth-order valence-electron chi connectivity index (χ4n) is 4.80. The number of hydrogen-bond donors (Lipinski definition) is 1. The third kappa shape index (κ3) is 3.14. The van der Waals surface area contributed by atoms with E-state index in [0.29, 0.717) is 12.1 Å². The number of benzene rings is 2. The summed E-state index contributed by atoms with van der Waals surface area (Å²) in [4.78, 5) is 2.49. The first-order valence-corrected chi connectivity index (χ1v) is 10.5. The van der Waals surface area contributed by atoms with E-state index in [2.05, 4.69) is 77.6 Å². The standard InChI is InChI=1S/C24H28N4O/c1-14-6-5-7-21(15(14)2)16(3)25-24-23-11-18(8-9-22(23)17(4)26-27-24)28-12-20-10-19(28)13-29-20/h5-9,11,16,19-20H,10,12-13H2,1-4H3,(H,25,27)/t16-,19-,20-/m1/s1. The molecule has 3 atom stereocenters. The minimum absolute atomic E-state index is 0.148. The molecule has 1 aromatic heterocycles. The lowest BCUT2D eigenvalue weighted by molar-refractivity contribution is 0.0991. The molecule has 5 rings (SSSR count). The van der Waals surface area contributed by atoms with Crippen molar-refractivity contribution in [2.75, 3.05) is 23.4 Å². The second kappa shape index (κ2) is 6.99. The number of nitrogens with one attached hydrogen (secondary N) is 1. The van der Waals surface area contributed by atoms with Gasteiger partial charge in [-0.1, -0.05) is 24.3 Å². The molecule has 0 radical (unpaired) electrons. The summed E-state index contributed by atoms with van der Waals surface area (Å²) in [6.45, 7) is 10.4. The Kier molecular flexibility index (Phi) is 4.43. The molecule has 1 N–H and O–H groups in total. The molecule has 2 saturated heterocycles. The number of hydrogen-bond acceptors (Lipinski definition) is 5. The predicted molar refractivity (Wildman–Crippen MR) is 118 cm³/mol. The fraction of sp³-hybridized carbons (Fsp3) is 0.417. The number of nitrogens with zero attached hydrogens (tertiary/aromatic N) is 3. The smallest absolute Gasteiger partial charge is 0.157 e. The van der Waals surface area contributed by atoms with Crippen molar-refractivity contribution in [1.82, 2.24) is 10.2 Å². The number of morpholine rings is 1. The van der Waals surface area contributed by atoms with Crippen LogP contribution in [0.1, 0.15) is 41.8 Å². The van der Waals surface area contributed by atoms with E-state index in [1.165, 1.54) is 22.4 Å². The predicted octanol–water partition coefficient (Wildman–Crippen LogP) is 4.71. The molecule has 0 amide bonds. The maximum absolute atomic E-state index is 5.78. The van der Waals surface area contributed by atoms with Gasteiger partial charge in [0.1, 0.15) is 0 Å². The molecular weight excluding hydrogens is 360 g/mol. The number of aromatic nitrogens is 2. The first-order chi connectivity index (χ1) is 14.0. The third-order valence-electron chi connectivity index (χ3n) is 6.65. The average Bonchev–Trinajstić information content (AvgIpc) is 3.35. The molecule has 0 saturated carbocycles. The van der Waals surface area contributed by atoms with Crippen LogP contribution in [0, 0.1) is 20.8 Å². The summed E-state index contributed by atoms with van der Waals surface area (Å²) in [5.41, 5.74) is 6.15. The van der Waals surface area contributed by atoms with Crippen LogP contribution in [0.5, 0.6) is 0 Å². The molecule has 2 bridgehead atoms. The molecule has 5 heteroatoms. The van der Waals surface area contributed by atoms with Crippen LogP contribution in [0.25, 0.3) is 10.8 Å². The Morgan fingerprint density at radius 3 is 2.72 bits per heavy atom. The monoisotopic (exact) mass is 388 g/mol. The van der Waals surface area contributed by atoms with E-state index >= 15 is 0 Å². The molecule has 150 valence electrons.